The molecule has 0 bridgehead atoms. The second-order valence-electron chi connectivity index (χ2n) is 5.92. The first-order chi connectivity index (χ1) is 11.3. The van der Waals surface area contributed by atoms with E-state index in [4.69, 9.17) is 0 Å². The summed E-state index contributed by atoms with van der Waals surface area (Å²) in [4.78, 5) is 0. The predicted molar refractivity (Wildman–Crippen MR) is 101 cm³/mol. The maximum atomic E-state index is 2.28. The molecule has 0 fully saturated rings. The van der Waals surface area contributed by atoms with Gasteiger partial charge in [0.1, 0.15) is 0 Å². The Kier molecular flexibility index (Phi) is 8.77. The third-order valence-corrected chi connectivity index (χ3v) is 4.42. The molecule has 0 nitrogen and oxygen atoms in total. The average molecular weight is 457 g/mol. The molecule has 5 rings (SSSR count). The Labute approximate surface area is 185 Å². The molecule has 0 spiro atoms. The van der Waals surface area contributed by atoms with Crippen LogP contribution in [0.15, 0.2) is 91.0 Å². The van der Waals surface area contributed by atoms with Gasteiger partial charge in [0.25, 0.3) is 0 Å². The summed E-state index contributed by atoms with van der Waals surface area (Å²) in [6.45, 7) is 2.17. The molecule has 0 aliphatic heterocycles. The SMILES string of the molecule is Cc1cccc2c1[cH-]c1ccccc12.[Cl-].[Cl-].[Zr+4].c1ccc2[cH-]ccc2c1. The van der Waals surface area contributed by atoms with Gasteiger partial charge in [-0.15, -0.1) is 68.9 Å². The second kappa shape index (κ2) is 10.1. The maximum absolute atomic E-state index is 2.28. The average Bonchev–Trinajstić information content (AvgIpc) is 3.20. The van der Waals surface area contributed by atoms with Crippen LogP contribution < -0.4 is 24.8 Å². The van der Waals surface area contributed by atoms with Crippen molar-refractivity contribution >= 4 is 32.3 Å². The molecule has 0 atom stereocenters. The zero-order chi connectivity index (χ0) is 15.6. The molecule has 0 saturated heterocycles. The van der Waals surface area contributed by atoms with Gasteiger partial charge in [0.05, 0.1) is 0 Å². The fourth-order valence-corrected chi connectivity index (χ4v) is 3.20. The van der Waals surface area contributed by atoms with E-state index in [0.29, 0.717) is 0 Å². The Balaban J connectivity index is 0.000000250. The van der Waals surface area contributed by atoms with Crippen molar-refractivity contribution in [3.63, 3.8) is 0 Å². The Morgan fingerprint density at radius 3 is 2.08 bits per heavy atom. The first-order valence-electron chi connectivity index (χ1n) is 7.97. The van der Waals surface area contributed by atoms with Gasteiger partial charge in [-0.05, 0) is 0 Å². The van der Waals surface area contributed by atoms with E-state index in [1.165, 1.54) is 37.9 Å². The zero-order valence-electron chi connectivity index (χ0n) is 14.4. The molecule has 0 heterocycles. The van der Waals surface area contributed by atoms with E-state index in [-0.39, 0.29) is 51.0 Å². The first-order valence-corrected chi connectivity index (χ1v) is 7.97. The molecule has 0 radical (unpaired) electrons. The first kappa shape index (κ1) is 22.6. The number of aryl methyl sites for hydroxylation is 1. The summed E-state index contributed by atoms with van der Waals surface area (Å²) >= 11 is 0. The minimum atomic E-state index is 0. The molecular formula is C23H18Cl2Zr. The largest absolute Gasteiger partial charge is 4.00 e. The van der Waals surface area contributed by atoms with Crippen LogP contribution in [0, 0.1) is 6.92 Å². The third-order valence-electron chi connectivity index (χ3n) is 4.42. The molecular weight excluding hydrogens is 438 g/mol. The second-order valence-corrected chi connectivity index (χ2v) is 5.92. The van der Waals surface area contributed by atoms with Crippen LogP contribution in [0.25, 0.3) is 32.3 Å². The van der Waals surface area contributed by atoms with Gasteiger partial charge >= 0.3 is 26.2 Å². The zero-order valence-corrected chi connectivity index (χ0v) is 18.4. The Morgan fingerprint density at radius 2 is 1.31 bits per heavy atom. The number of hydrogen-bond donors (Lipinski definition) is 0. The number of hydrogen-bond acceptors (Lipinski definition) is 0. The molecule has 0 aliphatic rings. The predicted octanol–water partition coefficient (Wildman–Crippen LogP) is 0.585. The Morgan fingerprint density at radius 1 is 0.654 bits per heavy atom. The van der Waals surface area contributed by atoms with E-state index in [9.17, 15) is 0 Å². The van der Waals surface area contributed by atoms with Crippen molar-refractivity contribution in [2.24, 2.45) is 0 Å². The number of benzene rings is 3. The van der Waals surface area contributed by atoms with Gasteiger partial charge in [0.15, 0.2) is 0 Å². The fraction of sp³-hybridized carbons (Fsp3) is 0.0435. The van der Waals surface area contributed by atoms with Crippen LogP contribution in [0.2, 0.25) is 0 Å². The molecule has 0 unspecified atom stereocenters. The Bertz CT molecular complexity index is 1060. The molecule has 128 valence electrons. The van der Waals surface area contributed by atoms with Crippen LogP contribution in [0.4, 0.5) is 0 Å². The van der Waals surface area contributed by atoms with Gasteiger partial charge < -0.3 is 24.8 Å². The van der Waals surface area contributed by atoms with Crippen LogP contribution in [0.3, 0.4) is 0 Å². The number of fused-ring (bicyclic) bond motifs is 4. The van der Waals surface area contributed by atoms with Crippen molar-refractivity contribution in [1.29, 1.82) is 0 Å². The van der Waals surface area contributed by atoms with Crippen LogP contribution in [-0.4, -0.2) is 0 Å². The molecule has 0 N–H and O–H groups in total. The van der Waals surface area contributed by atoms with Crippen LogP contribution in [0.5, 0.6) is 0 Å². The molecule has 0 saturated carbocycles. The topological polar surface area (TPSA) is 0 Å². The summed E-state index contributed by atoms with van der Waals surface area (Å²) in [5.41, 5.74) is 1.36. The normalized spacial score (nSPS) is 9.58. The van der Waals surface area contributed by atoms with Gasteiger partial charge in [-0.1, -0.05) is 49.4 Å². The molecule has 5 aromatic carbocycles. The van der Waals surface area contributed by atoms with Gasteiger partial charge in [-0.2, -0.15) is 17.5 Å². The van der Waals surface area contributed by atoms with Gasteiger partial charge in [0.2, 0.25) is 0 Å². The third kappa shape index (κ3) is 4.47. The summed E-state index contributed by atoms with van der Waals surface area (Å²) in [6.07, 6.45) is 0. The minimum absolute atomic E-state index is 0. The smallest absolute Gasteiger partial charge is 1.00 e. The van der Waals surface area contributed by atoms with E-state index >= 15 is 0 Å². The molecule has 5 aromatic rings. The summed E-state index contributed by atoms with van der Waals surface area (Å²) < 4.78 is 0. The summed E-state index contributed by atoms with van der Waals surface area (Å²) in [5, 5.41) is 8.13. The molecule has 0 aromatic heterocycles. The van der Waals surface area contributed by atoms with Gasteiger partial charge in [-0.25, -0.2) is 0 Å². The van der Waals surface area contributed by atoms with Crippen molar-refractivity contribution in [1.82, 2.24) is 0 Å². The molecule has 26 heavy (non-hydrogen) atoms. The van der Waals surface area contributed by atoms with Crippen LogP contribution >= 0.6 is 0 Å². The summed E-state index contributed by atoms with van der Waals surface area (Å²) in [7, 11) is 0. The van der Waals surface area contributed by atoms with Gasteiger partial charge in [-0.3, -0.25) is 0 Å². The van der Waals surface area contributed by atoms with Crippen molar-refractivity contribution in [2.45, 2.75) is 6.92 Å². The van der Waals surface area contributed by atoms with Crippen molar-refractivity contribution < 1.29 is 51.0 Å². The van der Waals surface area contributed by atoms with Crippen LogP contribution in [-0.2, 0) is 26.2 Å². The summed E-state index contributed by atoms with van der Waals surface area (Å²) in [6, 6.07) is 32.0. The van der Waals surface area contributed by atoms with Crippen molar-refractivity contribution in [3.8, 4) is 0 Å². The van der Waals surface area contributed by atoms with E-state index in [0.717, 1.165) is 0 Å². The summed E-state index contributed by atoms with van der Waals surface area (Å²) in [5.74, 6) is 0. The minimum Gasteiger partial charge on any atom is -1.00 e. The van der Waals surface area contributed by atoms with E-state index in [1.807, 2.05) is 0 Å². The molecule has 3 heteroatoms. The van der Waals surface area contributed by atoms with Crippen molar-refractivity contribution in [3.05, 3.63) is 96.6 Å². The Hall–Kier alpha value is -1.40. The number of rotatable bonds is 0. The van der Waals surface area contributed by atoms with Gasteiger partial charge in [0, 0.05) is 0 Å². The maximum Gasteiger partial charge on any atom is 4.00 e. The molecule has 0 amide bonds. The van der Waals surface area contributed by atoms with Crippen molar-refractivity contribution in [2.75, 3.05) is 0 Å². The van der Waals surface area contributed by atoms with E-state index in [2.05, 4.69) is 97.9 Å². The quantitative estimate of drug-likeness (QED) is 0.299. The molecule has 0 aliphatic carbocycles. The van der Waals surface area contributed by atoms with E-state index in [1.54, 1.807) is 0 Å². The number of halogens is 2. The van der Waals surface area contributed by atoms with Crippen LogP contribution in [0.1, 0.15) is 5.56 Å². The van der Waals surface area contributed by atoms with E-state index < -0.39 is 0 Å². The monoisotopic (exact) mass is 454 g/mol. The fourth-order valence-electron chi connectivity index (χ4n) is 3.20. The standard InChI is InChI=1S/C14H11.C9H7.2ClH.Zr/c1-10-5-4-8-13-12-7-3-2-6-11(12)9-14(10)13;1-2-5-9-7-3-6-8(9)4-1;;;/h2-9H,1H3;1-7H;2*1H;/q2*-1;;;+4/p-2.